The molecule has 10 nitrogen and oxygen atoms in total. The van der Waals surface area contributed by atoms with E-state index < -0.39 is 30.1 Å². The lowest BCUT2D eigenvalue weighted by atomic mass is 10.2. The fourth-order valence-corrected chi connectivity index (χ4v) is 3.00. The molecule has 0 bridgehead atoms. The highest BCUT2D eigenvalue weighted by Gasteiger charge is 2.24. The Morgan fingerprint density at radius 3 is 2.22 bits per heavy atom. The van der Waals surface area contributed by atoms with E-state index in [9.17, 15) is 19.2 Å². The highest BCUT2D eigenvalue weighted by Crippen LogP contribution is 2.22. The maximum atomic E-state index is 13.1. The number of hydrogen-bond donors (Lipinski definition) is 1. The van der Waals surface area contributed by atoms with Crippen molar-refractivity contribution in [1.82, 2.24) is 5.32 Å². The van der Waals surface area contributed by atoms with Crippen molar-refractivity contribution in [3.8, 4) is 5.75 Å². The largest absolute Gasteiger partial charge is 0.482 e. The maximum Gasteiger partial charge on any atom is 0.408 e. The monoisotopic (exact) mass is 499 g/mol. The van der Waals surface area contributed by atoms with Crippen LogP contribution < -0.4 is 19.9 Å². The van der Waals surface area contributed by atoms with Crippen LogP contribution in [0.15, 0.2) is 54.6 Å². The molecule has 0 radical (unpaired) electrons. The van der Waals surface area contributed by atoms with Crippen molar-refractivity contribution >= 4 is 35.3 Å². The SMILES string of the molecule is CCOC(=O)COc1cccc(N(CC(=O)N(C)c2ccccc2)C(=O)CNC(=O)OC(C)(C)C)c1. The number of nitrogens with zero attached hydrogens (tertiary/aromatic N) is 2. The predicted molar refractivity (Wildman–Crippen MR) is 135 cm³/mol. The molecule has 0 saturated heterocycles. The van der Waals surface area contributed by atoms with Crippen molar-refractivity contribution in [3.05, 3.63) is 54.6 Å². The minimum atomic E-state index is -0.755. The number of nitrogens with one attached hydrogen (secondary N) is 1. The Bertz CT molecular complexity index is 1050. The number of hydrogen-bond acceptors (Lipinski definition) is 7. The molecule has 2 rings (SSSR count). The fourth-order valence-electron chi connectivity index (χ4n) is 3.00. The molecule has 36 heavy (non-hydrogen) atoms. The van der Waals surface area contributed by atoms with Crippen molar-refractivity contribution in [2.24, 2.45) is 0 Å². The van der Waals surface area contributed by atoms with Gasteiger partial charge in [-0.25, -0.2) is 9.59 Å². The van der Waals surface area contributed by atoms with Crippen LogP contribution in [0.1, 0.15) is 27.7 Å². The Morgan fingerprint density at radius 2 is 1.58 bits per heavy atom. The summed E-state index contributed by atoms with van der Waals surface area (Å²) < 4.78 is 15.5. The van der Waals surface area contributed by atoms with E-state index in [1.54, 1.807) is 77.2 Å². The average Bonchev–Trinajstić information content (AvgIpc) is 2.84. The molecule has 1 N–H and O–H groups in total. The van der Waals surface area contributed by atoms with Gasteiger partial charge in [-0.15, -0.1) is 0 Å². The molecule has 194 valence electrons. The lowest BCUT2D eigenvalue weighted by Gasteiger charge is -2.26. The number of anilines is 2. The van der Waals surface area contributed by atoms with E-state index in [1.807, 2.05) is 6.07 Å². The van der Waals surface area contributed by atoms with Crippen molar-refractivity contribution in [2.45, 2.75) is 33.3 Å². The molecule has 0 spiro atoms. The van der Waals surface area contributed by atoms with Gasteiger partial charge in [-0.2, -0.15) is 0 Å². The fraction of sp³-hybridized carbons (Fsp3) is 0.385. The minimum Gasteiger partial charge on any atom is -0.482 e. The second kappa shape index (κ2) is 13.1. The van der Waals surface area contributed by atoms with Gasteiger partial charge in [0.1, 0.15) is 24.4 Å². The summed E-state index contributed by atoms with van der Waals surface area (Å²) in [6.07, 6.45) is -0.755. The second-order valence-corrected chi connectivity index (χ2v) is 8.71. The van der Waals surface area contributed by atoms with Gasteiger partial charge in [0.25, 0.3) is 0 Å². The molecule has 10 heteroatoms. The van der Waals surface area contributed by atoms with E-state index in [0.717, 1.165) is 0 Å². The van der Waals surface area contributed by atoms with Crippen molar-refractivity contribution < 1.29 is 33.4 Å². The summed E-state index contributed by atoms with van der Waals surface area (Å²) in [4.78, 5) is 52.5. The summed E-state index contributed by atoms with van der Waals surface area (Å²) in [5, 5.41) is 2.42. The Labute approximate surface area is 211 Å². The molecule has 3 amide bonds. The minimum absolute atomic E-state index is 0.228. The van der Waals surface area contributed by atoms with Crippen molar-refractivity contribution in [1.29, 1.82) is 0 Å². The van der Waals surface area contributed by atoms with Crippen LogP contribution in [0, 0.1) is 0 Å². The second-order valence-electron chi connectivity index (χ2n) is 8.71. The topological polar surface area (TPSA) is 114 Å². The zero-order valence-corrected chi connectivity index (χ0v) is 21.3. The van der Waals surface area contributed by atoms with Crippen LogP contribution in [0.2, 0.25) is 0 Å². The van der Waals surface area contributed by atoms with Crippen LogP contribution in [-0.2, 0) is 23.9 Å². The molecule has 0 aliphatic heterocycles. The van der Waals surface area contributed by atoms with Gasteiger partial charge >= 0.3 is 12.1 Å². The first-order valence-electron chi connectivity index (χ1n) is 11.5. The zero-order chi connectivity index (χ0) is 26.7. The van der Waals surface area contributed by atoms with Gasteiger partial charge in [-0.3, -0.25) is 9.59 Å². The number of para-hydroxylation sites is 1. The predicted octanol–water partition coefficient (Wildman–Crippen LogP) is 3.15. The lowest BCUT2D eigenvalue weighted by Crippen LogP contribution is -2.46. The molecule has 0 fully saturated rings. The third-order valence-electron chi connectivity index (χ3n) is 4.69. The molecule has 0 aliphatic carbocycles. The van der Waals surface area contributed by atoms with Crippen LogP contribution in [0.3, 0.4) is 0 Å². The summed E-state index contributed by atoms with van der Waals surface area (Å²) >= 11 is 0. The molecule has 0 aromatic heterocycles. The first-order valence-corrected chi connectivity index (χ1v) is 11.5. The number of benzene rings is 2. The number of likely N-dealkylation sites (N-methyl/N-ethyl adjacent to an activating group) is 1. The number of carbonyl (C=O) groups is 4. The number of carbonyl (C=O) groups excluding carboxylic acids is 4. The van der Waals surface area contributed by atoms with E-state index >= 15 is 0 Å². The average molecular weight is 500 g/mol. The van der Waals surface area contributed by atoms with Crippen LogP contribution >= 0.6 is 0 Å². The Hall–Kier alpha value is -4.08. The first-order chi connectivity index (χ1) is 17.0. The summed E-state index contributed by atoms with van der Waals surface area (Å²) in [6.45, 7) is 6.04. The number of ether oxygens (including phenoxy) is 3. The van der Waals surface area contributed by atoms with Crippen molar-refractivity contribution in [3.63, 3.8) is 0 Å². The highest BCUT2D eigenvalue weighted by molar-refractivity contribution is 6.04. The quantitative estimate of drug-likeness (QED) is 0.500. The van der Waals surface area contributed by atoms with Gasteiger partial charge in [0.2, 0.25) is 11.8 Å². The summed E-state index contributed by atoms with van der Waals surface area (Å²) in [6, 6.07) is 15.4. The van der Waals surface area contributed by atoms with Crippen LogP contribution in [-0.4, -0.2) is 62.8 Å². The first kappa shape index (κ1) is 28.2. The Balaban J connectivity index is 2.22. The Morgan fingerprint density at radius 1 is 0.917 bits per heavy atom. The lowest BCUT2D eigenvalue weighted by molar-refractivity contribution is -0.145. The molecule has 0 unspecified atom stereocenters. The summed E-state index contributed by atoms with van der Waals surface area (Å²) in [5.41, 5.74) is 0.279. The number of rotatable bonds is 10. The van der Waals surface area contributed by atoms with Crippen molar-refractivity contribution in [2.75, 3.05) is 43.2 Å². The van der Waals surface area contributed by atoms with Gasteiger partial charge < -0.3 is 29.3 Å². The highest BCUT2D eigenvalue weighted by atomic mass is 16.6. The number of alkyl carbamates (subject to hydrolysis) is 1. The molecular weight excluding hydrogens is 466 g/mol. The van der Waals surface area contributed by atoms with Gasteiger partial charge in [-0.05, 0) is 52.0 Å². The van der Waals surface area contributed by atoms with Gasteiger partial charge in [0, 0.05) is 24.5 Å². The van der Waals surface area contributed by atoms with Gasteiger partial charge in [0.05, 0.1) is 6.61 Å². The smallest absolute Gasteiger partial charge is 0.408 e. The molecule has 0 aliphatic rings. The van der Waals surface area contributed by atoms with E-state index in [-0.39, 0.29) is 25.7 Å². The van der Waals surface area contributed by atoms with E-state index in [4.69, 9.17) is 14.2 Å². The standard InChI is InChI=1S/C26H33N3O7/c1-6-34-24(32)18-35-21-14-10-13-20(15-21)29(22(30)16-27-25(33)36-26(2,3)4)17-23(31)28(5)19-11-8-7-9-12-19/h7-15H,6,16-18H2,1-5H3,(H,27,33). The van der Waals surface area contributed by atoms with Gasteiger partial charge in [-0.1, -0.05) is 24.3 Å². The van der Waals surface area contributed by atoms with Crippen LogP contribution in [0.4, 0.5) is 16.2 Å². The molecule has 0 saturated carbocycles. The summed E-state index contributed by atoms with van der Waals surface area (Å²) in [5.74, 6) is -1.12. The third-order valence-corrected chi connectivity index (χ3v) is 4.69. The molecule has 2 aromatic carbocycles. The van der Waals surface area contributed by atoms with Crippen LogP contribution in [0.25, 0.3) is 0 Å². The van der Waals surface area contributed by atoms with E-state index in [0.29, 0.717) is 17.1 Å². The third kappa shape index (κ3) is 9.28. The molecule has 0 heterocycles. The molecule has 2 aromatic rings. The summed E-state index contributed by atoms with van der Waals surface area (Å²) in [7, 11) is 1.61. The number of esters is 1. The number of amides is 3. The van der Waals surface area contributed by atoms with E-state index in [1.165, 1.54) is 15.9 Å². The van der Waals surface area contributed by atoms with Gasteiger partial charge in [0.15, 0.2) is 6.61 Å². The Kier molecular flexibility index (Phi) is 10.3. The van der Waals surface area contributed by atoms with E-state index in [2.05, 4.69) is 5.32 Å². The van der Waals surface area contributed by atoms with Crippen LogP contribution in [0.5, 0.6) is 5.75 Å². The normalized spacial score (nSPS) is 10.7. The molecular formula is C26H33N3O7. The zero-order valence-electron chi connectivity index (χ0n) is 21.3. The maximum absolute atomic E-state index is 13.1. The molecule has 0 atom stereocenters.